The minimum atomic E-state index is -0.905. The number of nitrogens with zero attached hydrogens (tertiary/aromatic N) is 6. The predicted molar refractivity (Wildman–Crippen MR) is 175 cm³/mol. The summed E-state index contributed by atoms with van der Waals surface area (Å²) in [6, 6.07) is 19.8. The first-order chi connectivity index (χ1) is 24.7. The average molecular weight is 699 g/mol. The van der Waals surface area contributed by atoms with Crippen LogP contribution in [-0.4, -0.2) is 48.0 Å². The maximum absolute atomic E-state index is 13.9. The molecule has 16 heteroatoms. The number of hydroxylamine groups is 2. The monoisotopic (exact) mass is 698 g/mol. The van der Waals surface area contributed by atoms with Crippen LogP contribution in [0.15, 0.2) is 104 Å². The van der Waals surface area contributed by atoms with E-state index in [1.54, 1.807) is 33.4 Å². The van der Waals surface area contributed by atoms with Crippen LogP contribution in [0.4, 0.5) is 17.6 Å². The first-order valence-electron chi connectivity index (χ1n) is 15.0. The molecule has 0 aliphatic heterocycles. The molecule has 4 heterocycles. The summed E-state index contributed by atoms with van der Waals surface area (Å²) in [6.45, 7) is 0.190. The second-order valence-electron chi connectivity index (χ2n) is 10.8. The van der Waals surface area contributed by atoms with Crippen molar-refractivity contribution in [3.8, 4) is 5.75 Å². The number of hydrogen-bond acceptors (Lipinski definition) is 8. The summed E-state index contributed by atoms with van der Waals surface area (Å²) < 4.78 is 57.6. The lowest BCUT2D eigenvalue weighted by molar-refractivity contribution is 0.0532. The SMILES string of the molecule is CONC(=O)c1cc2ncn(Cc3cccc(F)c3F)c2cn1.O=C(NOc1ccccc1)c1cc2ncn(Cc3cccc(F)c3F)c2cn1. The maximum atomic E-state index is 13.9. The fourth-order valence-electron chi connectivity index (χ4n) is 4.91. The summed E-state index contributed by atoms with van der Waals surface area (Å²) >= 11 is 0. The molecule has 0 radical (unpaired) electrons. The van der Waals surface area contributed by atoms with Crippen LogP contribution in [0.3, 0.4) is 0 Å². The van der Waals surface area contributed by atoms with Gasteiger partial charge in [-0.15, -0.1) is 0 Å². The molecule has 7 aromatic rings. The highest BCUT2D eigenvalue weighted by Crippen LogP contribution is 2.19. The Morgan fingerprint density at radius 1 is 0.647 bits per heavy atom. The fourth-order valence-corrected chi connectivity index (χ4v) is 4.91. The number of carbonyl (C=O) groups is 2. The van der Waals surface area contributed by atoms with Crippen molar-refractivity contribution in [2.24, 2.45) is 0 Å². The zero-order chi connectivity index (χ0) is 35.9. The molecule has 0 spiro atoms. The summed E-state index contributed by atoms with van der Waals surface area (Å²) in [4.78, 5) is 50.1. The van der Waals surface area contributed by atoms with Gasteiger partial charge in [0.15, 0.2) is 29.0 Å². The molecule has 0 aliphatic rings. The normalized spacial score (nSPS) is 10.8. The van der Waals surface area contributed by atoms with E-state index < -0.39 is 35.1 Å². The van der Waals surface area contributed by atoms with Crippen LogP contribution in [-0.2, 0) is 17.9 Å². The van der Waals surface area contributed by atoms with E-state index in [1.165, 1.54) is 68.6 Å². The number of para-hydroxylation sites is 1. The molecule has 2 amide bonds. The Morgan fingerprint density at radius 2 is 1.14 bits per heavy atom. The van der Waals surface area contributed by atoms with Gasteiger partial charge in [0.25, 0.3) is 5.91 Å². The van der Waals surface area contributed by atoms with Crippen molar-refractivity contribution in [3.05, 3.63) is 150 Å². The highest BCUT2D eigenvalue weighted by atomic mass is 19.2. The molecular formula is C35H26F4N8O4. The Hall–Kier alpha value is -6.68. The number of benzene rings is 3. The lowest BCUT2D eigenvalue weighted by atomic mass is 10.2. The van der Waals surface area contributed by atoms with Crippen LogP contribution in [0.1, 0.15) is 32.1 Å². The number of halogens is 4. The van der Waals surface area contributed by atoms with E-state index in [1.807, 2.05) is 6.07 Å². The number of imidazole rings is 2. The number of amides is 2. The molecule has 0 fully saturated rings. The van der Waals surface area contributed by atoms with Gasteiger partial charge in [0, 0.05) is 11.1 Å². The quantitative estimate of drug-likeness (QED) is 0.148. The second kappa shape index (κ2) is 15.3. The highest BCUT2D eigenvalue weighted by molar-refractivity contribution is 5.95. The number of carbonyl (C=O) groups excluding carboxylic acids is 2. The van der Waals surface area contributed by atoms with Crippen LogP contribution in [0.2, 0.25) is 0 Å². The molecule has 0 saturated heterocycles. The molecule has 0 atom stereocenters. The molecule has 3 aromatic carbocycles. The number of nitrogens with one attached hydrogen (secondary N) is 2. The Labute approximate surface area is 286 Å². The molecule has 0 saturated carbocycles. The molecule has 12 nitrogen and oxygen atoms in total. The Balaban J connectivity index is 0.000000179. The van der Waals surface area contributed by atoms with Crippen LogP contribution >= 0.6 is 0 Å². The predicted octanol–water partition coefficient (Wildman–Crippen LogP) is 5.53. The third-order valence-corrected chi connectivity index (χ3v) is 7.42. The van der Waals surface area contributed by atoms with Crippen molar-refractivity contribution >= 4 is 33.9 Å². The van der Waals surface area contributed by atoms with E-state index in [4.69, 9.17) is 4.84 Å². The van der Waals surface area contributed by atoms with Crippen molar-refractivity contribution in [2.75, 3.05) is 7.11 Å². The summed E-state index contributed by atoms with van der Waals surface area (Å²) in [5.74, 6) is -4.14. The summed E-state index contributed by atoms with van der Waals surface area (Å²) in [6.07, 6.45) is 5.87. The Bertz CT molecular complexity index is 2350. The number of rotatable bonds is 9. The second-order valence-corrected chi connectivity index (χ2v) is 10.8. The van der Waals surface area contributed by atoms with Crippen molar-refractivity contribution in [3.63, 3.8) is 0 Å². The first-order valence-corrected chi connectivity index (χ1v) is 15.0. The summed E-state index contributed by atoms with van der Waals surface area (Å²) in [5.41, 5.74) is 7.32. The van der Waals surface area contributed by atoms with E-state index in [0.717, 1.165) is 12.1 Å². The van der Waals surface area contributed by atoms with Gasteiger partial charge in [-0.3, -0.25) is 14.4 Å². The lowest BCUT2D eigenvalue weighted by Gasteiger charge is -2.07. The van der Waals surface area contributed by atoms with Gasteiger partial charge in [-0.1, -0.05) is 42.5 Å². The minimum Gasteiger partial charge on any atom is -0.379 e. The van der Waals surface area contributed by atoms with E-state index in [-0.39, 0.29) is 35.6 Å². The number of fused-ring (bicyclic) bond motifs is 2. The third kappa shape index (κ3) is 7.81. The minimum absolute atomic E-state index is 0.0877. The molecule has 0 unspecified atom stereocenters. The van der Waals surface area contributed by atoms with Gasteiger partial charge in [0.1, 0.15) is 11.4 Å². The van der Waals surface area contributed by atoms with Crippen molar-refractivity contribution in [2.45, 2.75) is 13.1 Å². The van der Waals surface area contributed by atoms with Gasteiger partial charge >= 0.3 is 5.91 Å². The first kappa shape index (κ1) is 34.2. The molecule has 2 N–H and O–H groups in total. The van der Waals surface area contributed by atoms with Crippen LogP contribution in [0.5, 0.6) is 5.75 Å². The number of pyridine rings is 2. The van der Waals surface area contributed by atoms with E-state index in [9.17, 15) is 27.2 Å². The highest BCUT2D eigenvalue weighted by Gasteiger charge is 2.15. The Morgan fingerprint density at radius 3 is 1.63 bits per heavy atom. The topological polar surface area (TPSA) is 138 Å². The molecule has 0 aliphatic carbocycles. The maximum Gasteiger partial charge on any atom is 0.302 e. The van der Waals surface area contributed by atoms with Gasteiger partial charge < -0.3 is 14.0 Å². The van der Waals surface area contributed by atoms with Crippen LogP contribution < -0.4 is 15.8 Å². The van der Waals surface area contributed by atoms with Gasteiger partial charge in [0.05, 0.1) is 67.3 Å². The molecular weight excluding hydrogens is 672 g/mol. The van der Waals surface area contributed by atoms with Gasteiger partial charge in [-0.25, -0.2) is 43.0 Å². The fraction of sp³-hybridized carbons (Fsp3) is 0.0857. The zero-order valence-corrected chi connectivity index (χ0v) is 26.6. The zero-order valence-electron chi connectivity index (χ0n) is 26.6. The van der Waals surface area contributed by atoms with Crippen LogP contribution in [0.25, 0.3) is 22.1 Å². The summed E-state index contributed by atoms with van der Waals surface area (Å²) in [5, 5.41) is 0. The molecule has 7 rings (SSSR count). The largest absolute Gasteiger partial charge is 0.379 e. The smallest absolute Gasteiger partial charge is 0.302 e. The van der Waals surface area contributed by atoms with Crippen molar-refractivity contribution in [1.29, 1.82) is 0 Å². The molecule has 258 valence electrons. The standard InChI is InChI=1S/C20H14F2N4O2.C15H12F2N4O2/c21-15-8-4-5-13(19(15)22)11-26-12-24-16-9-17(23-10-18(16)26)20(27)25-28-14-6-2-1-3-7-14;1-23-20-15(22)12-5-11-13(6-18-12)21(8-19-11)7-9-3-2-4-10(16)14(9)17/h1-10,12H,11H2,(H,25,27);2-6,8H,7H2,1H3,(H,20,22). The third-order valence-electron chi connectivity index (χ3n) is 7.42. The van der Waals surface area contributed by atoms with Gasteiger partial charge in [-0.05, 0) is 36.4 Å². The Kier molecular flexibility index (Phi) is 10.2. The summed E-state index contributed by atoms with van der Waals surface area (Å²) in [7, 11) is 1.32. The van der Waals surface area contributed by atoms with Gasteiger partial charge in [-0.2, -0.15) is 5.48 Å². The van der Waals surface area contributed by atoms with Crippen LogP contribution in [0, 0.1) is 23.3 Å². The molecule has 51 heavy (non-hydrogen) atoms. The van der Waals surface area contributed by atoms with Gasteiger partial charge in [0.2, 0.25) is 0 Å². The van der Waals surface area contributed by atoms with E-state index in [0.29, 0.717) is 27.8 Å². The average Bonchev–Trinajstić information content (AvgIpc) is 3.74. The van der Waals surface area contributed by atoms with E-state index >= 15 is 0 Å². The number of hydrogen-bond donors (Lipinski definition) is 2. The molecule has 4 aromatic heterocycles. The molecule has 0 bridgehead atoms. The van der Waals surface area contributed by atoms with Crippen molar-refractivity contribution in [1.82, 2.24) is 40.0 Å². The lowest BCUT2D eigenvalue weighted by Crippen LogP contribution is -2.27. The van der Waals surface area contributed by atoms with E-state index in [2.05, 4.69) is 35.7 Å². The van der Waals surface area contributed by atoms with Crippen molar-refractivity contribution < 1.29 is 36.8 Å². The number of aromatic nitrogens is 6.